The van der Waals surface area contributed by atoms with Gasteiger partial charge in [0.2, 0.25) is 15.9 Å². The molecule has 0 aliphatic carbocycles. The summed E-state index contributed by atoms with van der Waals surface area (Å²) in [5.74, 6) is -0.0931. The van der Waals surface area contributed by atoms with Gasteiger partial charge < -0.3 is 5.32 Å². The molecular weight excluding hydrogens is 338 g/mol. The van der Waals surface area contributed by atoms with Gasteiger partial charge in [0.15, 0.2) is 0 Å². The molecule has 1 aromatic rings. The smallest absolute Gasteiger partial charge is 0.242 e. The Labute approximate surface area is 151 Å². The Morgan fingerprint density at radius 1 is 1.16 bits per heavy atom. The minimum Gasteiger partial charge on any atom is -0.324 e. The zero-order valence-corrected chi connectivity index (χ0v) is 16.4. The molecule has 7 heteroatoms. The number of hydrogen-bond acceptors (Lipinski definition) is 4. The first-order valence-corrected chi connectivity index (χ1v) is 10.3. The maximum absolute atomic E-state index is 12.7. The molecule has 1 N–H and O–H groups in total. The fourth-order valence-electron chi connectivity index (χ4n) is 2.99. The van der Waals surface area contributed by atoms with Crippen molar-refractivity contribution in [1.82, 2.24) is 9.21 Å². The van der Waals surface area contributed by atoms with E-state index < -0.39 is 10.0 Å². The zero-order chi connectivity index (χ0) is 18.6. The van der Waals surface area contributed by atoms with Crippen LogP contribution < -0.4 is 5.32 Å². The monoisotopic (exact) mass is 367 g/mol. The Morgan fingerprint density at radius 2 is 1.76 bits per heavy atom. The summed E-state index contributed by atoms with van der Waals surface area (Å²) in [5.41, 5.74) is 1.39. The molecule has 1 atom stereocenters. The number of carbonyl (C=O) groups is 1. The van der Waals surface area contributed by atoms with Crippen LogP contribution in [0.2, 0.25) is 0 Å². The Kier molecular flexibility index (Phi) is 6.59. The van der Waals surface area contributed by atoms with Gasteiger partial charge >= 0.3 is 0 Å². The van der Waals surface area contributed by atoms with E-state index in [4.69, 9.17) is 0 Å². The molecule has 1 fully saturated rings. The summed E-state index contributed by atoms with van der Waals surface area (Å²) in [6.45, 7) is 5.64. The predicted octanol–water partition coefficient (Wildman–Crippen LogP) is 2.45. The van der Waals surface area contributed by atoms with Crippen LogP contribution in [0.5, 0.6) is 0 Å². The van der Waals surface area contributed by atoms with E-state index in [1.54, 1.807) is 12.1 Å². The summed E-state index contributed by atoms with van der Waals surface area (Å²) < 4.78 is 25.8. The minimum absolute atomic E-state index is 0.0931. The summed E-state index contributed by atoms with van der Waals surface area (Å²) in [5, 5.41) is 2.92. The third-order valence-corrected chi connectivity index (χ3v) is 6.62. The van der Waals surface area contributed by atoms with Crippen molar-refractivity contribution >= 4 is 21.6 Å². The van der Waals surface area contributed by atoms with E-state index in [0.717, 1.165) is 31.5 Å². The summed E-state index contributed by atoms with van der Waals surface area (Å²) in [6.07, 6.45) is 4.67. The van der Waals surface area contributed by atoms with Gasteiger partial charge in [-0.25, -0.2) is 12.7 Å². The van der Waals surface area contributed by atoms with Crippen molar-refractivity contribution in [3.63, 3.8) is 0 Å². The molecule has 0 saturated carbocycles. The number of nitrogens with zero attached hydrogens (tertiary/aromatic N) is 2. The van der Waals surface area contributed by atoms with Crippen LogP contribution in [0.15, 0.2) is 23.1 Å². The lowest BCUT2D eigenvalue weighted by Gasteiger charge is -2.27. The van der Waals surface area contributed by atoms with E-state index in [9.17, 15) is 13.2 Å². The molecule has 1 aliphatic heterocycles. The highest BCUT2D eigenvalue weighted by atomic mass is 32.2. The minimum atomic E-state index is -3.53. The second-order valence-electron chi connectivity index (χ2n) is 6.88. The number of benzene rings is 1. The second kappa shape index (κ2) is 8.29. The van der Waals surface area contributed by atoms with Crippen molar-refractivity contribution in [1.29, 1.82) is 0 Å². The van der Waals surface area contributed by atoms with Crippen LogP contribution in [-0.4, -0.2) is 56.8 Å². The molecule has 1 aromatic carbocycles. The average Bonchev–Trinajstić information content (AvgIpc) is 2.85. The Hall–Kier alpha value is -1.44. The van der Waals surface area contributed by atoms with Gasteiger partial charge in [-0.05, 0) is 57.5 Å². The number of carbonyl (C=O) groups excluding carboxylic acids is 1. The molecule has 2 rings (SSSR count). The van der Waals surface area contributed by atoms with E-state index in [0.29, 0.717) is 5.69 Å². The topological polar surface area (TPSA) is 69.7 Å². The van der Waals surface area contributed by atoms with Crippen molar-refractivity contribution in [3.05, 3.63) is 23.8 Å². The van der Waals surface area contributed by atoms with Crippen LogP contribution in [0.1, 0.15) is 38.2 Å². The molecule has 1 saturated heterocycles. The van der Waals surface area contributed by atoms with Crippen molar-refractivity contribution < 1.29 is 13.2 Å². The Bertz CT molecular complexity index is 708. The molecule has 25 heavy (non-hydrogen) atoms. The lowest BCUT2D eigenvalue weighted by atomic mass is 10.2. The summed E-state index contributed by atoms with van der Waals surface area (Å²) >= 11 is 0. The quantitative estimate of drug-likeness (QED) is 0.868. The fraction of sp³-hybridized carbons (Fsp3) is 0.611. The van der Waals surface area contributed by atoms with Gasteiger partial charge in [0.05, 0.1) is 10.9 Å². The van der Waals surface area contributed by atoms with E-state index >= 15 is 0 Å². The maximum atomic E-state index is 12.7. The molecule has 0 aromatic heterocycles. The van der Waals surface area contributed by atoms with Crippen LogP contribution in [0.4, 0.5) is 5.69 Å². The van der Waals surface area contributed by atoms with E-state index in [-0.39, 0.29) is 16.8 Å². The van der Waals surface area contributed by atoms with Crippen LogP contribution in [-0.2, 0) is 14.8 Å². The Balaban J connectivity index is 2.17. The molecule has 6 nitrogen and oxygen atoms in total. The number of nitrogens with one attached hydrogen (secondary N) is 1. The number of likely N-dealkylation sites (tertiary alicyclic amines) is 1. The van der Waals surface area contributed by atoms with Gasteiger partial charge in [-0.1, -0.05) is 18.9 Å². The van der Waals surface area contributed by atoms with Crippen molar-refractivity contribution in [2.24, 2.45) is 0 Å². The van der Waals surface area contributed by atoms with Crippen LogP contribution in [0.25, 0.3) is 0 Å². The zero-order valence-electron chi connectivity index (χ0n) is 15.6. The van der Waals surface area contributed by atoms with Crippen LogP contribution >= 0.6 is 0 Å². The second-order valence-corrected chi connectivity index (χ2v) is 9.03. The summed E-state index contributed by atoms with van der Waals surface area (Å²) in [7, 11) is -0.536. The van der Waals surface area contributed by atoms with Gasteiger partial charge in [-0.3, -0.25) is 9.69 Å². The number of sulfonamides is 1. The maximum Gasteiger partial charge on any atom is 0.242 e. The lowest BCUT2D eigenvalue weighted by Crippen LogP contribution is -2.42. The number of hydrogen-bond donors (Lipinski definition) is 1. The molecule has 0 spiro atoms. The van der Waals surface area contributed by atoms with E-state index in [1.807, 2.05) is 13.8 Å². The van der Waals surface area contributed by atoms with Gasteiger partial charge in [-0.15, -0.1) is 0 Å². The molecule has 1 heterocycles. The fourth-order valence-corrected chi connectivity index (χ4v) is 3.92. The van der Waals surface area contributed by atoms with Crippen LogP contribution in [0, 0.1) is 6.92 Å². The first-order chi connectivity index (χ1) is 11.7. The first-order valence-electron chi connectivity index (χ1n) is 8.81. The highest BCUT2D eigenvalue weighted by Gasteiger charge is 2.23. The van der Waals surface area contributed by atoms with Gasteiger partial charge in [-0.2, -0.15) is 0 Å². The number of amides is 1. The van der Waals surface area contributed by atoms with E-state index in [1.165, 1.54) is 37.3 Å². The SMILES string of the molecule is Cc1ccc(S(=O)(=O)N(C)C)cc1NC(=O)C(C)N1CCCCCC1. The number of rotatable bonds is 5. The lowest BCUT2D eigenvalue weighted by molar-refractivity contribution is -0.120. The van der Waals surface area contributed by atoms with Gasteiger partial charge in [0.1, 0.15) is 0 Å². The third-order valence-electron chi connectivity index (χ3n) is 4.81. The van der Waals surface area contributed by atoms with Crippen molar-refractivity contribution in [2.45, 2.75) is 50.5 Å². The van der Waals surface area contributed by atoms with Gasteiger partial charge in [0, 0.05) is 19.8 Å². The number of anilines is 1. The first kappa shape index (κ1) is 19.9. The average molecular weight is 368 g/mol. The molecule has 1 amide bonds. The normalized spacial score (nSPS) is 18.0. The van der Waals surface area contributed by atoms with Crippen molar-refractivity contribution in [2.75, 3.05) is 32.5 Å². The standard InChI is InChI=1S/C18H29N3O3S/c1-14-9-10-16(25(23,24)20(3)4)13-17(14)19-18(22)15(2)21-11-7-5-6-8-12-21/h9-10,13,15H,5-8,11-12H2,1-4H3,(H,19,22). The highest BCUT2D eigenvalue weighted by molar-refractivity contribution is 7.89. The molecule has 0 bridgehead atoms. The summed E-state index contributed by atoms with van der Waals surface area (Å²) in [4.78, 5) is 15.0. The molecule has 1 aliphatic rings. The summed E-state index contributed by atoms with van der Waals surface area (Å²) in [6, 6.07) is 4.60. The third kappa shape index (κ3) is 4.80. The van der Waals surface area contributed by atoms with Crippen molar-refractivity contribution in [3.8, 4) is 0 Å². The molecule has 1 unspecified atom stereocenters. The highest BCUT2D eigenvalue weighted by Crippen LogP contribution is 2.23. The van der Waals surface area contributed by atoms with E-state index in [2.05, 4.69) is 10.2 Å². The molecule has 140 valence electrons. The predicted molar refractivity (Wildman–Crippen MR) is 100 cm³/mol. The Morgan fingerprint density at radius 3 is 2.32 bits per heavy atom. The van der Waals surface area contributed by atoms with Crippen LogP contribution in [0.3, 0.4) is 0 Å². The molecule has 0 radical (unpaired) electrons. The molecular formula is C18H29N3O3S. The largest absolute Gasteiger partial charge is 0.324 e. The number of aryl methyl sites for hydroxylation is 1. The van der Waals surface area contributed by atoms with Gasteiger partial charge in [0.25, 0.3) is 0 Å².